The molecule has 0 aliphatic carbocycles. The first-order valence-corrected chi connectivity index (χ1v) is 11.6. The number of anilines is 1. The minimum Gasteiger partial charge on any atom is -0.326 e. The van der Waals surface area contributed by atoms with Gasteiger partial charge in [0.2, 0.25) is 0 Å². The lowest BCUT2D eigenvalue weighted by Gasteiger charge is -2.10. The first kappa shape index (κ1) is 22.8. The summed E-state index contributed by atoms with van der Waals surface area (Å²) in [5, 5.41) is 4.76. The zero-order chi connectivity index (χ0) is 23.2. The SMILES string of the molecule is Cc1ccc2c(c1)c(C(=O)C(=O)Nc1nc(C)c(C)s1)c(Cl)n2Cc1ccc(Cl)cc1Cl. The van der Waals surface area contributed by atoms with E-state index in [2.05, 4.69) is 10.3 Å². The third-order valence-corrected chi connectivity index (χ3v) is 7.15. The third kappa shape index (κ3) is 4.28. The van der Waals surface area contributed by atoms with E-state index in [9.17, 15) is 9.59 Å². The average molecular weight is 507 g/mol. The molecule has 0 saturated carbocycles. The number of hydrogen-bond donors (Lipinski definition) is 1. The predicted octanol–water partition coefficient (Wildman–Crippen LogP) is 6.85. The number of thiazole rings is 1. The van der Waals surface area contributed by atoms with Crippen molar-refractivity contribution in [1.82, 2.24) is 9.55 Å². The first-order valence-electron chi connectivity index (χ1n) is 9.67. The van der Waals surface area contributed by atoms with Gasteiger partial charge in [0.05, 0.1) is 23.3 Å². The summed E-state index contributed by atoms with van der Waals surface area (Å²) in [6, 6.07) is 10.8. The van der Waals surface area contributed by atoms with Crippen molar-refractivity contribution in [1.29, 1.82) is 0 Å². The lowest BCUT2D eigenvalue weighted by atomic mass is 10.1. The summed E-state index contributed by atoms with van der Waals surface area (Å²) in [6.07, 6.45) is 0. The Hall–Kier alpha value is -2.38. The Labute approximate surface area is 203 Å². The molecular weight excluding hydrogens is 489 g/mol. The van der Waals surface area contributed by atoms with E-state index < -0.39 is 11.7 Å². The van der Waals surface area contributed by atoms with E-state index in [4.69, 9.17) is 34.8 Å². The summed E-state index contributed by atoms with van der Waals surface area (Å²) in [7, 11) is 0. The van der Waals surface area contributed by atoms with Gasteiger partial charge in [0.15, 0.2) is 5.13 Å². The second kappa shape index (κ2) is 8.87. The number of rotatable bonds is 5. The van der Waals surface area contributed by atoms with Crippen LogP contribution in [0.3, 0.4) is 0 Å². The van der Waals surface area contributed by atoms with Crippen molar-refractivity contribution in [3.8, 4) is 0 Å². The Bertz CT molecular complexity index is 1370. The van der Waals surface area contributed by atoms with Crippen LogP contribution in [0.4, 0.5) is 5.13 Å². The Morgan fingerprint density at radius 3 is 2.47 bits per heavy atom. The maximum atomic E-state index is 13.2. The van der Waals surface area contributed by atoms with Crippen LogP contribution in [0.15, 0.2) is 36.4 Å². The van der Waals surface area contributed by atoms with E-state index in [-0.39, 0.29) is 10.7 Å². The fourth-order valence-electron chi connectivity index (χ4n) is 3.42. The van der Waals surface area contributed by atoms with Crippen molar-refractivity contribution in [2.45, 2.75) is 27.3 Å². The number of Topliss-reactive ketones (excluding diaryl/α,β-unsaturated/α-hetero) is 1. The summed E-state index contributed by atoms with van der Waals surface area (Å²) in [5.74, 6) is -1.51. The number of fused-ring (bicyclic) bond motifs is 1. The molecule has 0 unspecified atom stereocenters. The smallest absolute Gasteiger partial charge is 0.298 e. The minimum absolute atomic E-state index is 0.151. The number of amides is 1. The zero-order valence-corrected chi connectivity index (χ0v) is 20.5. The molecular formula is C23H18Cl3N3O2S. The molecule has 2 aromatic carbocycles. The fourth-order valence-corrected chi connectivity index (χ4v) is 5.04. The largest absolute Gasteiger partial charge is 0.326 e. The Kier molecular flexibility index (Phi) is 6.32. The minimum atomic E-state index is -0.786. The van der Waals surface area contributed by atoms with E-state index in [0.29, 0.717) is 27.1 Å². The molecule has 0 bridgehead atoms. The number of ketones is 1. The summed E-state index contributed by atoms with van der Waals surface area (Å²) < 4.78 is 1.77. The number of benzene rings is 2. The topological polar surface area (TPSA) is 64.0 Å². The van der Waals surface area contributed by atoms with E-state index >= 15 is 0 Å². The van der Waals surface area contributed by atoms with Gasteiger partial charge in [0, 0.05) is 20.3 Å². The fraction of sp³-hybridized carbons (Fsp3) is 0.174. The molecule has 0 aliphatic rings. The Morgan fingerprint density at radius 1 is 1.06 bits per heavy atom. The Balaban J connectivity index is 1.77. The molecule has 2 aromatic heterocycles. The van der Waals surface area contributed by atoms with E-state index in [1.807, 2.05) is 45.0 Å². The van der Waals surface area contributed by atoms with Crippen LogP contribution in [-0.2, 0) is 11.3 Å². The number of hydrogen-bond acceptors (Lipinski definition) is 4. The van der Waals surface area contributed by atoms with Crippen molar-refractivity contribution in [2.24, 2.45) is 0 Å². The van der Waals surface area contributed by atoms with Crippen LogP contribution < -0.4 is 5.32 Å². The van der Waals surface area contributed by atoms with Crippen LogP contribution in [0.2, 0.25) is 15.2 Å². The van der Waals surface area contributed by atoms with Gasteiger partial charge in [0.25, 0.3) is 11.7 Å². The summed E-state index contributed by atoms with van der Waals surface area (Å²) in [5.41, 5.74) is 3.41. The maximum Gasteiger partial charge on any atom is 0.298 e. The van der Waals surface area contributed by atoms with E-state index in [0.717, 1.165) is 27.2 Å². The van der Waals surface area contributed by atoms with Crippen LogP contribution in [0.25, 0.3) is 10.9 Å². The molecule has 0 saturated heterocycles. The molecule has 5 nitrogen and oxygen atoms in total. The highest BCUT2D eigenvalue weighted by atomic mass is 35.5. The van der Waals surface area contributed by atoms with Crippen LogP contribution in [-0.4, -0.2) is 21.2 Å². The molecule has 32 heavy (non-hydrogen) atoms. The summed E-state index contributed by atoms with van der Waals surface area (Å²) >= 11 is 20.4. The van der Waals surface area contributed by atoms with E-state index in [1.165, 1.54) is 11.3 Å². The molecule has 0 fully saturated rings. The van der Waals surface area contributed by atoms with Gasteiger partial charge in [0.1, 0.15) is 5.15 Å². The van der Waals surface area contributed by atoms with Gasteiger partial charge >= 0.3 is 0 Å². The normalized spacial score (nSPS) is 11.2. The second-order valence-corrected chi connectivity index (χ2v) is 9.86. The summed E-state index contributed by atoms with van der Waals surface area (Å²) in [6.45, 7) is 5.97. The number of aromatic nitrogens is 2. The maximum absolute atomic E-state index is 13.2. The lowest BCUT2D eigenvalue weighted by Crippen LogP contribution is -2.23. The summed E-state index contributed by atoms with van der Waals surface area (Å²) in [4.78, 5) is 31.2. The van der Waals surface area contributed by atoms with Crippen molar-refractivity contribution >= 4 is 73.9 Å². The van der Waals surface area contributed by atoms with E-state index in [1.54, 1.807) is 16.7 Å². The molecule has 2 heterocycles. The molecule has 164 valence electrons. The predicted molar refractivity (Wildman–Crippen MR) is 132 cm³/mol. The third-order valence-electron chi connectivity index (χ3n) is 5.18. The molecule has 1 N–H and O–H groups in total. The number of aryl methyl sites for hydroxylation is 3. The van der Waals surface area contributed by atoms with Crippen molar-refractivity contribution in [3.05, 3.63) is 78.9 Å². The van der Waals surface area contributed by atoms with Crippen LogP contribution in [0.1, 0.15) is 32.1 Å². The average Bonchev–Trinajstić information content (AvgIpc) is 3.18. The number of nitrogens with zero attached hydrogens (tertiary/aromatic N) is 2. The van der Waals surface area contributed by atoms with Gasteiger partial charge in [-0.2, -0.15) is 0 Å². The monoisotopic (exact) mass is 505 g/mol. The zero-order valence-electron chi connectivity index (χ0n) is 17.4. The van der Waals surface area contributed by atoms with Crippen LogP contribution in [0.5, 0.6) is 0 Å². The van der Waals surface area contributed by atoms with Gasteiger partial charge in [-0.25, -0.2) is 4.98 Å². The highest BCUT2D eigenvalue weighted by Crippen LogP contribution is 2.34. The van der Waals surface area contributed by atoms with Gasteiger partial charge in [-0.15, -0.1) is 11.3 Å². The second-order valence-electron chi connectivity index (χ2n) is 7.45. The standard InChI is InChI=1S/C23H18Cl3N3O2S/c1-11-4-7-18-16(8-11)19(20(30)22(31)28-23-27-12(2)13(3)32-23)21(26)29(18)10-14-5-6-15(24)9-17(14)25/h4-9H,10H2,1-3H3,(H,27,28,31). The molecule has 0 radical (unpaired) electrons. The number of nitrogens with one attached hydrogen (secondary N) is 1. The van der Waals surface area contributed by atoms with Crippen molar-refractivity contribution in [3.63, 3.8) is 0 Å². The van der Waals surface area contributed by atoms with Crippen LogP contribution in [0, 0.1) is 20.8 Å². The number of halogens is 3. The first-order chi connectivity index (χ1) is 15.2. The molecule has 9 heteroatoms. The molecule has 0 spiro atoms. The van der Waals surface area contributed by atoms with Gasteiger partial charge in [-0.1, -0.05) is 52.5 Å². The van der Waals surface area contributed by atoms with Crippen molar-refractivity contribution < 1.29 is 9.59 Å². The molecule has 0 aliphatic heterocycles. The number of carbonyl (C=O) groups excluding carboxylic acids is 2. The quantitative estimate of drug-likeness (QED) is 0.238. The van der Waals surface area contributed by atoms with Gasteiger partial charge < -0.3 is 4.57 Å². The molecule has 1 amide bonds. The number of carbonyl (C=O) groups is 2. The molecule has 0 atom stereocenters. The van der Waals surface area contributed by atoms with Crippen molar-refractivity contribution in [2.75, 3.05) is 5.32 Å². The highest BCUT2D eigenvalue weighted by Gasteiger charge is 2.27. The van der Waals surface area contributed by atoms with Gasteiger partial charge in [-0.05, 0) is 50.6 Å². The molecule has 4 aromatic rings. The Morgan fingerprint density at radius 2 is 1.81 bits per heavy atom. The van der Waals surface area contributed by atoms with Crippen LogP contribution >= 0.6 is 46.1 Å². The van der Waals surface area contributed by atoms with Gasteiger partial charge in [-0.3, -0.25) is 14.9 Å². The highest BCUT2D eigenvalue weighted by molar-refractivity contribution is 7.15. The molecule has 4 rings (SSSR count). The lowest BCUT2D eigenvalue weighted by molar-refractivity contribution is -0.112.